The van der Waals surface area contributed by atoms with Gasteiger partial charge in [0.15, 0.2) is 9.84 Å². The Bertz CT molecular complexity index is 748. The molecule has 4 nitrogen and oxygen atoms in total. The molecule has 2 aromatic heterocycles. The molecule has 0 N–H and O–H groups in total. The van der Waals surface area contributed by atoms with Crippen LogP contribution in [0, 0.1) is 0 Å². The number of hydrogen-bond acceptors (Lipinski definition) is 4. The van der Waals surface area contributed by atoms with E-state index < -0.39 is 14.6 Å². The van der Waals surface area contributed by atoms with Crippen molar-refractivity contribution in [2.75, 3.05) is 5.75 Å². The van der Waals surface area contributed by atoms with Gasteiger partial charge in [0.05, 0.1) is 15.9 Å². The van der Waals surface area contributed by atoms with E-state index in [2.05, 4.69) is 0 Å². The maximum Gasteiger partial charge on any atom is 0.259 e. The number of thiophene rings is 1. The maximum absolute atomic E-state index is 12.1. The maximum atomic E-state index is 12.1. The first-order valence-corrected chi connectivity index (χ1v) is 8.54. The molecular weight excluding hydrogens is 282 g/mol. The van der Waals surface area contributed by atoms with Crippen molar-refractivity contribution in [2.45, 2.75) is 32.1 Å². The van der Waals surface area contributed by atoms with E-state index in [0.29, 0.717) is 5.39 Å². The van der Waals surface area contributed by atoms with Crippen LogP contribution in [0.5, 0.6) is 0 Å². The summed E-state index contributed by atoms with van der Waals surface area (Å²) in [6, 6.07) is 3.63. The summed E-state index contributed by atoms with van der Waals surface area (Å²) < 4.78 is 25.7. The zero-order chi connectivity index (χ0) is 14.3. The van der Waals surface area contributed by atoms with Gasteiger partial charge in [-0.1, -0.05) is 0 Å². The Kier molecular flexibility index (Phi) is 3.57. The van der Waals surface area contributed by atoms with Crippen LogP contribution in [0.1, 0.15) is 20.8 Å². The lowest BCUT2D eigenvalue weighted by molar-refractivity contribution is 0.553. The highest BCUT2D eigenvalue weighted by atomic mass is 32.2. The molecule has 0 atom stereocenters. The number of rotatable bonds is 3. The molecule has 104 valence electrons. The van der Waals surface area contributed by atoms with Crippen molar-refractivity contribution < 1.29 is 8.42 Å². The summed E-state index contributed by atoms with van der Waals surface area (Å²) in [5.41, 5.74) is -0.122. The van der Waals surface area contributed by atoms with Gasteiger partial charge in [-0.2, -0.15) is 0 Å². The molecule has 0 aromatic carbocycles. The summed E-state index contributed by atoms with van der Waals surface area (Å²) in [6.07, 6.45) is 1.67. The van der Waals surface area contributed by atoms with Crippen molar-refractivity contribution in [1.29, 1.82) is 0 Å². The Labute approximate surface area is 116 Å². The second-order valence-corrected chi connectivity index (χ2v) is 9.25. The summed E-state index contributed by atoms with van der Waals surface area (Å²) in [4.78, 5) is 12.1. The first kappa shape index (κ1) is 14.3. The SMILES string of the molecule is CC(C)(C)S(=O)(=O)CCn1ccc2sccc2c1=O. The third-order valence-electron chi connectivity index (χ3n) is 3.13. The number of nitrogens with zero attached hydrogens (tertiary/aromatic N) is 1. The van der Waals surface area contributed by atoms with Gasteiger partial charge in [-0.25, -0.2) is 8.42 Å². The van der Waals surface area contributed by atoms with E-state index in [1.54, 1.807) is 33.0 Å². The molecule has 6 heteroatoms. The average molecular weight is 299 g/mol. The van der Waals surface area contributed by atoms with Crippen molar-refractivity contribution in [2.24, 2.45) is 0 Å². The molecule has 2 heterocycles. The molecular formula is C13H17NO3S2. The third kappa shape index (κ3) is 2.74. The van der Waals surface area contributed by atoms with Gasteiger partial charge in [0.1, 0.15) is 0 Å². The summed E-state index contributed by atoms with van der Waals surface area (Å²) in [5, 5.41) is 2.52. The van der Waals surface area contributed by atoms with E-state index in [1.807, 2.05) is 11.4 Å². The van der Waals surface area contributed by atoms with Crippen molar-refractivity contribution in [3.63, 3.8) is 0 Å². The smallest absolute Gasteiger partial charge is 0.259 e. The van der Waals surface area contributed by atoms with E-state index in [0.717, 1.165) is 4.70 Å². The number of aryl methyl sites for hydroxylation is 1. The molecule has 0 amide bonds. The lowest BCUT2D eigenvalue weighted by Crippen LogP contribution is -2.33. The highest BCUT2D eigenvalue weighted by molar-refractivity contribution is 7.92. The first-order valence-electron chi connectivity index (χ1n) is 6.01. The second-order valence-electron chi connectivity index (χ2n) is 5.44. The lowest BCUT2D eigenvalue weighted by atomic mass is 10.3. The second kappa shape index (κ2) is 4.76. The minimum absolute atomic E-state index is 0.0218. The molecule has 0 aliphatic rings. The molecule has 0 saturated carbocycles. The highest BCUT2D eigenvalue weighted by Gasteiger charge is 2.28. The largest absolute Gasteiger partial charge is 0.314 e. The zero-order valence-corrected chi connectivity index (χ0v) is 12.8. The van der Waals surface area contributed by atoms with Crippen LogP contribution in [-0.2, 0) is 16.4 Å². The number of fused-ring (bicyclic) bond motifs is 1. The van der Waals surface area contributed by atoms with E-state index >= 15 is 0 Å². The lowest BCUT2D eigenvalue weighted by Gasteiger charge is -2.19. The van der Waals surface area contributed by atoms with Crippen LogP contribution in [0.25, 0.3) is 10.1 Å². The van der Waals surface area contributed by atoms with E-state index in [1.165, 1.54) is 15.9 Å². The van der Waals surface area contributed by atoms with Crippen LogP contribution < -0.4 is 5.56 Å². The zero-order valence-electron chi connectivity index (χ0n) is 11.2. The summed E-state index contributed by atoms with van der Waals surface area (Å²) in [7, 11) is -3.21. The standard InChI is InChI=1S/C13H17NO3S2/c1-13(2,3)19(16,17)9-7-14-6-4-11-10(12(14)15)5-8-18-11/h4-6,8H,7,9H2,1-3H3. The monoisotopic (exact) mass is 299 g/mol. The number of hydrogen-bond donors (Lipinski definition) is 0. The van der Waals surface area contributed by atoms with E-state index in [4.69, 9.17) is 0 Å². The Morgan fingerprint density at radius 2 is 1.95 bits per heavy atom. The molecule has 2 rings (SSSR count). The van der Waals surface area contributed by atoms with Crippen molar-refractivity contribution in [3.8, 4) is 0 Å². The van der Waals surface area contributed by atoms with Gasteiger partial charge in [-0.05, 0) is 38.3 Å². The Morgan fingerprint density at radius 1 is 1.26 bits per heavy atom. The molecule has 0 saturated heterocycles. The van der Waals surface area contributed by atoms with Gasteiger partial charge in [0.25, 0.3) is 5.56 Å². The number of aromatic nitrogens is 1. The van der Waals surface area contributed by atoms with Crippen LogP contribution in [0.3, 0.4) is 0 Å². The van der Waals surface area contributed by atoms with Crippen molar-refractivity contribution >= 4 is 31.3 Å². The van der Waals surface area contributed by atoms with Crippen molar-refractivity contribution in [1.82, 2.24) is 4.57 Å². The highest BCUT2D eigenvalue weighted by Crippen LogP contribution is 2.18. The van der Waals surface area contributed by atoms with Crippen LogP contribution in [0.4, 0.5) is 0 Å². The fourth-order valence-corrected chi connectivity index (χ4v) is 3.53. The first-order chi connectivity index (χ1) is 8.72. The van der Waals surface area contributed by atoms with Gasteiger partial charge in [0, 0.05) is 17.4 Å². The fraction of sp³-hybridized carbons (Fsp3) is 0.462. The van der Waals surface area contributed by atoms with Crippen LogP contribution in [0.2, 0.25) is 0 Å². The number of sulfone groups is 1. The van der Waals surface area contributed by atoms with Gasteiger partial charge >= 0.3 is 0 Å². The van der Waals surface area contributed by atoms with E-state index in [9.17, 15) is 13.2 Å². The summed E-state index contributed by atoms with van der Waals surface area (Å²) in [5.74, 6) is -0.0218. The van der Waals surface area contributed by atoms with Crippen LogP contribution in [0.15, 0.2) is 28.5 Å². The normalized spacial score (nSPS) is 13.0. The fourth-order valence-electron chi connectivity index (χ4n) is 1.71. The van der Waals surface area contributed by atoms with E-state index in [-0.39, 0.29) is 17.9 Å². The molecule has 0 unspecified atom stereocenters. The molecule has 19 heavy (non-hydrogen) atoms. The van der Waals surface area contributed by atoms with Gasteiger partial charge in [0.2, 0.25) is 0 Å². The molecule has 0 bridgehead atoms. The molecule has 0 aliphatic heterocycles. The molecule has 0 spiro atoms. The van der Waals surface area contributed by atoms with Gasteiger partial charge < -0.3 is 4.57 Å². The minimum atomic E-state index is -3.21. The number of pyridine rings is 1. The predicted molar refractivity (Wildman–Crippen MR) is 79.6 cm³/mol. The third-order valence-corrected chi connectivity index (χ3v) is 6.59. The Morgan fingerprint density at radius 3 is 2.58 bits per heavy atom. The molecule has 0 aliphatic carbocycles. The Hall–Kier alpha value is -1.14. The average Bonchev–Trinajstić information content (AvgIpc) is 2.75. The quantitative estimate of drug-likeness (QED) is 0.873. The van der Waals surface area contributed by atoms with Gasteiger partial charge in [-0.3, -0.25) is 4.79 Å². The van der Waals surface area contributed by atoms with Crippen molar-refractivity contribution in [3.05, 3.63) is 34.1 Å². The minimum Gasteiger partial charge on any atom is -0.314 e. The van der Waals surface area contributed by atoms with Crippen LogP contribution >= 0.6 is 11.3 Å². The van der Waals surface area contributed by atoms with Gasteiger partial charge in [-0.15, -0.1) is 11.3 Å². The predicted octanol–water partition coefficient (Wildman–Crippen LogP) is 2.28. The summed E-state index contributed by atoms with van der Waals surface area (Å²) in [6.45, 7) is 5.22. The molecule has 0 fully saturated rings. The Balaban J connectivity index is 2.28. The van der Waals surface area contributed by atoms with Crippen LogP contribution in [-0.4, -0.2) is 23.5 Å². The topological polar surface area (TPSA) is 56.1 Å². The molecule has 2 aromatic rings. The molecule has 0 radical (unpaired) electrons. The summed E-state index contributed by atoms with van der Waals surface area (Å²) >= 11 is 1.51.